The van der Waals surface area contributed by atoms with Crippen molar-refractivity contribution in [3.05, 3.63) is 70.3 Å². The summed E-state index contributed by atoms with van der Waals surface area (Å²) in [5.41, 5.74) is 1.48. The Kier molecular flexibility index (Phi) is 13.5. The number of nitrogens with zero attached hydrogens (tertiary/aromatic N) is 4. The van der Waals surface area contributed by atoms with Crippen molar-refractivity contribution < 1.29 is 27.3 Å². The third-order valence-electron chi connectivity index (χ3n) is 3.96. The Morgan fingerprint density at radius 3 is 1.48 bits per heavy atom. The van der Waals surface area contributed by atoms with Crippen LogP contribution in [-0.4, -0.2) is 61.9 Å². The van der Waals surface area contributed by atoms with Gasteiger partial charge in [-0.05, 0) is 24.3 Å². The maximum atomic E-state index is 9.63. The van der Waals surface area contributed by atoms with Gasteiger partial charge < -0.3 is 20.8 Å². The Balaban J connectivity index is 0.00000420. The van der Waals surface area contributed by atoms with Crippen LogP contribution in [0, 0.1) is 0 Å². The number of para-hydroxylation sites is 2. The molecule has 6 nitrogen and oxygen atoms in total. The minimum Gasteiger partial charge on any atom is -0.664 e. The van der Waals surface area contributed by atoms with Crippen molar-refractivity contribution in [2.45, 2.75) is 12.8 Å². The minimum absolute atomic E-state index is 0. The zero-order valence-corrected chi connectivity index (χ0v) is 17.6. The SMILES string of the molecule is Oc1ccccc1C=NCCC[N-]CC[N-]CCCN=Cc1ccccc1O.[Fe+3]. The fraction of sp³-hybridized carbons (Fsp3) is 0.364. The summed E-state index contributed by atoms with van der Waals surface area (Å²) in [6, 6.07) is 14.3. The van der Waals surface area contributed by atoms with Crippen LogP contribution in [-0.2, 0) is 17.1 Å². The fourth-order valence-corrected chi connectivity index (χ4v) is 2.43. The number of aliphatic imine (C=N–C) groups is 2. The Labute approximate surface area is 183 Å². The molecule has 1 radical (unpaired) electrons. The van der Waals surface area contributed by atoms with Gasteiger partial charge in [-0.25, -0.2) is 0 Å². The molecular weight excluding hydrogens is 408 g/mol. The summed E-state index contributed by atoms with van der Waals surface area (Å²) < 4.78 is 0. The summed E-state index contributed by atoms with van der Waals surface area (Å²) >= 11 is 0. The van der Waals surface area contributed by atoms with Crippen LogP contribution >= 0.6 is 0 Å². The van der Waals surface area contributed by atoms with Gasteiger partial charge in [0.05, 0.1) is 0 Å². The van der Waals surface area contributed by atoms with Gasteiger partial charge in [-0.2, -0.15) is 13.1 Å². The summed E-state index contributed by atoms with van der Waals surface area (Å²) in [7, 11) is 0. The zero-order valence-electron chi connectivity index (χ0n) is 16.5. The second kappa shape index (κ2) is 15.7. The summed E-state index contributed by atoms with van der Waals surface area (Å²) in [5, 5.41) is 28.1. The summed E-state index contributed by atoms with van der Waals surface area (Å²) in [6.45, 7) is 4.43. The maximum absolute atomic E-state index is 9.63. The van der Waals surface area contributed by atoms with E-state index in [1.165, 1.54) is 0 Å². The summed E-state index contributed by atoms with van der Waals surface area (Å²) in [4.78, 5) is 8.62. The first kappa shape index (κ1) is 24.9. The molecule has 0 aromatic heterocycles. The zero-order chi connectivity index (χ0) is 19.9. The molecule has 0 heterocycles. The molecule has 0 fully saturated rings. The first-order valence-electron chi connectivity index (χ1n) is 9.59. The molecule has 0 amide bonds. The van der Waals surface area contributed by atoms with E-state index in [1.807, 2.05) is 24.3 Å². The van der Waals surface area contributed by atoms with Crippen molar-refractivity contribution in [2.24, 2.45) is 9.98 Å². The van der Waals surface area contributed by atoms with Crippen molar-refractivity contribution >= 4 is 12.4 Å². The first-order valence-corrected chi connectivity index (χ1v) is 9.59. The molecule has 29 heavy (non-hydrogen) atoms. The molecule has 0 aliphatic carbocycles. The molecule has 2 aromatic carbocycles. The van der Waals surface area contributed by atoms with Crippen molar-refractivity contribution in [1.82, 2.24) is 0 Å². The number of aromatic hydroxyl groups is 2. The molecule has 0 saturated heterocycles. The molecule has 7 heteroatoms. The maximum Gasteiger partial charge on any atom is 3.00 e. The molecular formula is C22H28FeN4O2+. The van der Waals surface area contributed by atoms with Gasteiger partial charge in [0.2, 0.25) is 0 Å². The van der Waals surface area contributed by atoms with Crippen LogP contribution in [0.25, 0.3) is 10.6 Å². The molecule has 155 valence electrons. The van der Waals surface area contributed by atoms with Gasteiger partial charge in [-0.1, -0.05) is 37.1 Å². The molecule has 2 rings (SSSR count). The fourth-order valence-electron chi connectivity index (χ4n) is 2.43. The molecule has 0 unspecified atom stereocenters. The molecule has 0 spiro atoms. The largest absolute Gasteiger partial charge is 3.00 e. The molecule has 0 aliphatic heterocycles. The molecule has 0 saturated carbocycles. The summed E-state index contributed by atoms with van der Waals surface area (Å²) in [6.07, 6.45) is 5.19. The average molecular weight is 436 g/mol. The van der Waals surface area contributed by atoms with Crippen LogP contribution in [0.15, 0.2) is 58.5 Å². The van der Waals surface area contributed by atoms with E-state index in [0.29, 0.717) is 13.1 Å². The van der Waals surface area contributed by atoms with E-state index in [9.17, 15) is 10.2 Å². The van der Waals surface area contributed by atoms with Gasteiger partial charge in [0, 0.05) is 36.6 Å². The normalized spacial score (nSPS) is 11.2. The Hall–Kier alpha value is -2.18. The number of rotatable bonds is 13. The Morgan fingerprint density at radius 2 is 1.07 bits per heavy atom. The first-order chi connectivity index (χ1) is 13.8. The van der Waals surface area contributed by atoms with E-state index in [2.05, 4.69) is 20.6 Å². The predicted octanol–water partition coefficient (Wildman–Crippen LogP) is 4.16. The van der Waals surface area contributed by atoms with Crippen LogP contribution in [0.2, 0.25) is 0 Å². The number of phenols is 2. The third-order valence-corrected chi connectivity index (χ3v) is 3.96. The number of benzene rings is 2. The van der Waals surface area contributed by atoms with Gasteiger partial charge >= 0.3 is 17.1 Å². The third kappa shape index (κ3) is 10.8. The van der Waals surface area contributed by atoms with E-state index in [1.54, 1.807) is 36.7 Å². The van der Waals surface area contributed by atoms with Crippen molar-refractivity contribution in [3.63, 3.8) is 0 Å². The number of hydrogen-bond acceptors (Lipinski definition) is 4. The van der Waals surface area contributed by atoms with E-state index in [0.717, 1.165) is 50.1 Å². The molecule has 2 N–H and O–H groups in total. The van der Waals surface area contributed by atoms with Gasteiger partial charge in [-0.15, -0.1) is 13.1 Å². The van der Waals surface area contributed by atoms with E-state index in [4.69, 9.17) is 0 Å². The van der Waals surface area contributed by atoms with Gasteiger partial charge in [0.15, 0.2) is 0 Å². The second-order valence-electron chi connectivity index (χ2n) is 6.24. The topological polar surface area (TPSA) is 93.4 Å². The second-order valence-corrected chi connectivity index (χ2v) is 6.24. The molecule has 2 aromatic rings. The average Bonchev–Trinajstić information content (AvgIpc) is 2.71. The van der Waals surface area contributed by atoms with Crippen molar-refractivity contribution in [3.8, 4) is 11.5 Å². The van der Waals surface area contributed by atoms with Gasteiger partial charge in [0.25, 0.3) is 0 Å². The Bertz CT molecular complexity index is 690. The van der Waals surface area contributed by atoms with E-state index in [-0.39, 0.29) is 28.6 Å². The standard InChI is InChI=1S/C22H28N4O2.Fe/c27-21-9-3-1-7-19(21)17-25-13-5-11-23-15-16-24-12-6-14-26-18-20-8-2-4-10-22(20)28;/h1-4,7-10,17-18,27-28H,5-6,11-16H2;/q-2;+3. The molecule has 0 aliphatic rings. The van der Waals surface area contributed by atoms with E-state index >= 15 is 0 Å². The predicted molar refractivity (Wildman–Crippen MR) is 117 cm³/mol. The van der Waals surface area contributed by atoms with Crippen LogP contribution in [0.5, 0.6) is 11.5 Å². The Morgan fingerprint density at radius 1 is 0.655 bits per heavy atom. The van der Waals surface area contributed by atoms with Gasteiger partial charge in [0.1, 0.15) is 11.5 Å². The number of phenolic OH excluding ortho intramolecular Hbond substituents is 2. The summed E-state index contributed by atoms with van der Waals surface area (Å²) in [5.74, 6) is 0.503. The molecule has 0 bridgehead atoms. The minimum atomic E-state index is 0. The number of hydrogen-bond donors (Lipinski definition) is 2. The van der Waals surface area contributed by atoms with Gasteiger partial charge in [-0.3, -0.25) is 9.98 Å². The smallest absolute Gasteiger partial charge is 0.664 e. The van der Waals surface area contributed by atoms with Crippen LogP contribution in [0.3, 0.4) is 0 Å². The molecule has 0 atom stereocenters. The van der Waals surface area contributed by atoms with E-state index < -0.39 is 0 Å². The van der Waals surface area contributed by atoms with Crippen molar-refractivity contribution in [1.29, 1.82) is 0 Å². The van der Waals surface area contributed by atoms with Crippen molar-refractivity contribution in [2.75, 3.05) is 39.3 Å². The van der Waals surface area contributed by atoms with Crippen LogP contribution in [0.4, 0.5) is 0 Å². The monoisotopic (exact) mass is 436 g/mol. The quantitative estimate of drug-likeness (QED) is 0.280. The van der Waals surface area contributed by atoms with Crippen LogP contribution < -0.4 is 0 Å². The van der Waals surface area contributed by atoms with Crippen LogP contribution in [0.1, 0.15) is 24.0 Å².